The van der Waals surface area contributed by atoms with Gasteiger partial charge in [-0.15, -0.1) is 0 Å². The minimum Gasteiger partial charge on any atom is -0.365 e. The Morgan fingerprint density at radius 3 is 2.48 bits per heavy atom. The predicted octanol–water partition coefficient (Wildman–Crippen LogP) is 2.90. The van der Waals surface area contributed by atoms with Crippen LogP contribution in [0.4, 0.5) is 0 Å². The summed E-state index contributed by atoms with van der Waals surface area (Å²) in [6.45, 7) is 4.33. The van der Waals surface area contributed by atoms with Crippen molar-refractivity contribution >= 4 is 22.6 Å². The van der Waals surface area contributed by atoms with Crippen molar-refractivity contribution in [3.05, 3.63) is 35.9 Å². The molecule has 2 aliphatic rings. The molecular weight excluding hydrogens is 411 g/mol. The lowest BCUT2D eigenvalue weighted by molar-refractivity contribution is -0.277. The van der Waals surface area contributed by atoms with E-state index >= 15 is 0 Å². The van der Waals surface area contributed by atoms with Crippen molar-refractivity contribution in [2.24, 2.45) is 0 Å². The number of rotatable bonds is 5. The van der Waals surface area contributed by atoms with Crippen molar-refractivity contribution in [2.75, 3.05) is 11.5 Å². The number of hydrogen-bond acceptors (Lipinski definition) is 5. The van der Waals surface area contributed by atoms with Crippen molar-refractivity contribution in [1.82, 2.24) is 0 Å². The highest BCUT2D eigenvalue weighted by Crippen LogP contribution is 2.39. The fourth-order valence-corrected chi connectivity index (χ4v) is 3.80. The summed E-state index contributed by atoms with van der Waals surface area (Å²) in [7, 11) is 1.63. The van der Waals surface area contributed by atoms with E-state index in [1.54, 1.807) is 7.11 Å². The number of fused-ring (bicyclic) bond motifs is 1. The first-order valence-electron chi connectivity index (χ1n) is 7.79. The molecule has 0 N–H and O–H groups in total. The summed E-state index contributed by atoms with van der Waals surface area (Å²) in [4.78, 5) is 0. The highest BCUT2D eigenvalue weighted by Gasteiger charge is 2.55. The molecule has 0 bridgehead atoms. The molecule has 0 saturated carbocycles. The number of hydrogen-bond donors (Lipinski definition) is 0. The van der Waals surface area contributed by atoms with Gasteiger partial charge in [0, 0.05) is 11.5 Å². The monoisotopic (exact) mass is 434 g/mol. The SMILES string of the molecule is CO[C@@H]1O[C@H](CI)[C@@H]2OC(C)(C)O[C@@H]2[C@H]1OCc1ccccc1. The predicted molar refractivity (Wildman–Crippen MR) is 93.4 cm³/mol. The molecule has 128 valence electrons. The molecule has 2 heterocycles. The molecule has 0 spiro atoms. The molecule has 1 aromatic rings. The van der Waals surface area contributed by atoms with E-state index in [2.05, 4.69) is 22.6 Å². The lowest BCUT2D eigenvalue weighted by Gasteiger charge is -2.40. The Balaban J connectivity index is 1.76. The molecular formula is C17H23IO5. The maximum atomic E-state index is 6.12. The molecule has 0 amide bonds. The van der Waals surface area contributed by atoms with Crippen LogP contribution in [-0.4, -0.2) is 48.0 Å². The molecule has 0 aromatic heterocycles. The van der Waals surface area contributed by atoms with E-state index in [-0.39, 0.29) is 24.4 Å². The molecule has 5 atom stereocenters. The lowest BCUT2D eigenvalue weighted by atomic mass is 10.00. The molecule has 0 unspecified atom stereocenters. The van der Waals surface area contributed by atoms with E-state index in [0.29, 0.717) is 6.61 Å². The van der Waals surface area contributed by atoms with Gasteiger partial charge >= 0.3 is 0 Å². The van der Waals surface area contributed by atoms with Crippen molar-refractivity contribution in [3.63, 3.8) is 0 Å². The zero-order valence-corrected chi connectivity index (χ0v) is 15.8. The van der Waals surface area contributed by atoms with Gasteiger partial charge in [0.1, 0.15) is 18.3 Å². The second-order valence-electron chi connectivity index (χ2n) is 6.26. The first kappa shape index (κ1) is 17.6. The quantitative estimate of drug-likeness (QED) is 0.527. The highest BCUT2D eigenvalue weighted by molar-refractivity contribution is 14.1. The van der Waals surface area contributed by atoms with Gasteiger partial charge < -0.3 is 23.7 Å². The number of alkyl halides is 1. The summed E-state index contributed by atoms with van der Waals surface area (Å²) in [5.74, 6) is -0.639. The number of ether oxygens (including phenoxy) is 5. The summed E-state index contributed by atoms with van der Waals surface area (Å²) in [5, 5.41) is 0. The van der Waals surface area contributed by atoms with Gasteiger partial charge in [-0.3, -0.25) is 0 Å². The Labute approximate surface area is 150 Å². The summed E-state index contributed by atoms with van der Waals surface area (Å²) in [6, 6.07) is 10.1. The van der Waals surface area contributed by atoms with E-state index in [9.17, 15) is 0 Å². The summed E-state index contributed by atoms with van der Waals surface area (Å²) in [5.41, 5.74) is 1.10. The third-order valence-electron chi connectivity index (χ3n) is 4.10. The molecule has 6 heteroatoms. The minimum absolute atomic E-state index is 0.0658. The van der Waals surface area contributed by atoms with Crippen LogP contribution in [0.25, 0.3) is 0 Å². The van der Waals surface area contributed by atoms with Gasteiger partial charge in [-0.05, 0) is 19.4 Å². The second kappa shape index (κ2) is 7.33. The van der Waals surface area contributed by atoms with Crippen LogP contribution in [0.3, 0.4) is 0 Å². The van der Waals surface area contributed by atoms with Gasteiger partial charge in [0.25, 0.3) is 0 Å². The largest absolute Gasteiger partial charge is 0.365 e. The Morgan fingerprint density at radius 2 is 1.83 bits per heavy atom. The minimum atomic E-state index is -0.639. The van der Waals surface area contributed by atoms with Gasteiger partial charge in [-0.1, -0.05) is 52.9 Å². The van der Waals surface area contributed by atoms with Crippen LogP contribution >= 0.6 is 22.6 Å². The van der Waals surface area contributed by atoms with Gasteiger partial charge in [-0.2, -0.15) is 0 Å². The molecule has 5 nitrogen and oxygen atoms in total. The molecule has 23 heavy (non-hydrogen) atoms. The normalized spacial score (nSPS) is 35.9. The summed E-state index contributed by atoms with van der Waals surface area (Å²) < 4.78 is 30.6. The third-order valence-corrected chi connectivity index (χ3v) is 4.97. The highest BCUT2D eigenvalue weighted by atomic mass is 127. The van der Waals surface area contributed by atoms with Crippen LogP contribution in [0.2, 0.25) is 0 Å². The van der Waals surface area contributed by atoms with Gasteiger partial charge in [0.2, 0.25) is 0 Å². The van der Waals surface area contributed by atoms with Crippen molar-refractivity contribution in [1.29, 1.82) is 0 Å². The maximum Gasteiger partial charge on any atom is 0.186 e. The molecule has 2 aliphatic heterocycles. The standard InChI is InChI=1S/C17H23IO5/c1-17(2)22-13-12(9-18)21-16(19-3)15(14(13)23-17)20-10-11-7-5-4-6-8-11/h4-8,12-16H,9-10H2,1-3H3/t12-,13+,14+,15-,16-/m1/s1. The van der Waals surface area contributed by atoms with E-state index < -0.39 is 12.1 Å². The Morgan fingerprint density at radius 1 is 1.13 bits per heavy atom. The molecule has 2 fully saturated rings. The molecule has 1 aromatic carbocycles. The Kier molecular flexibility index (Phi) is 5.60. The van der Waals surface area contributed by atoms with Crippen LogP contribution in [0.5, 0.6) is 0 Å². The van der Waals surface area contributed by atoms with E-state index in [0.717, 1.165) is 9.99 Å². The van der Waals surface area contributed by atoms with Crippen LogP contribution in [-0.2, 0) is 30.3 Å². The van der Waals surface area contributed by atoms with Crippen LogP contribution in [0, 0.1) is 0 Å². The average molecular weight is 434 g/mol. The van der Waals surface area contributed by atoms with Crippen LogP contribution in [0.1, 0.15) is 19.4 Å². The summed E-state index contributed by atoms with van der Waals surface area (Å²) >= 11 is 2.30. The third kappa shape index (κ3) is 3.88. The summed E-state index contributed by atoms with van der Waals surface area (Å²) in [6.07, 6.45) is -1.20. The van der Waals surface area contributed by atoms with Gasteiger partial charge in [0.15, 0.2) is 12.1 Å². The fourth-order valence-electron chi connectivity index (χ4n) is 3.09. The zero-order valence-electron chi connectivity index (χ0n) is 13.6. The number of benzene rings is 1. The van der Waals surface area contributed by atoms with E-state index in [1.165, 1.54) is 0 Å². The van der Waals surface area contributed by atoms with Gasteiger partial charge in [0.05, 0.1) is 12.7 Å². The fraction of sp³-hybridized carbons (Fsp3) is 0.647. The number of halogens is 1. The molecule has 0 radical (unpaired) electrons. The second-order valence-corrected chi connectivity index (χ2v) is 7.14. The molecule has 2 saturated heterocycles. The Hall–Kier alpha value is -0.250. The van der Waals surface area contributed by atoms with Crippen molar-refractivity contribution < 1.29 is 23.7 Å². The van der Waals surface area contributed by atoms with E-state index in [1.807, 2.05) is 44.2 Å². The zero-order chi connectivity index (χ0) is 16.4. The van der Waals surface area contributed by atoms with E-state index in [4.69, 9.17) is 23.7 Å². The first-order chi connectivity index (χ1) is 11.0. The van der Waals surface area contributed by atoms with Crippen LogP contribution in [0.15, 0.2) is 30.3 Å². The number of methoxy groups -OCH3 is 1. The van der Waals surface area contributed by atoms with Crippen molar-refractivity contribution in [3.8, 4) is 0 Å². The molecule has 3 rings (SSSR count). The smallest absolute Gasteiger partial charge is 0.186 e. The van der Waals surface area contributed by atoms with Crippen LogP contribution < -0.4 is 0 Å². The van der Waals surface area contributed by atoms with Gasteiger partial charge in [-0.25, -0.2) is 0 Å². The Bertz CT molecular complexity index is 509. The lowest BCUT2D eigenvalue weighted by Crippen LogP contribution is -2.58. The average Bonchev–Trinajstić information content (AvgIpc) is 2.88. The molecule has 0 aliphatic carbocycles. The van der Waals surface area contributed by atoms with Crippen molar-refractivity contribution in [2.45, 2.75) is 56.9 Å². The maximum absolute atomic E-state index is 6.12. The topological polar surface area (TPSA) is 46.2 Å². The first-order valence-corrected chi connectivity index (χ1v) is 9.32.